The fraction of sp³-hybridized carbons (Fsp3) is 0.667. The number of benzene rings is 1. The summed E-state index contributed by atoms with van der Waals surface area (Å²) in [6, 6.07) is 5.96. The topological polar surface area (TPSA) is 74.6 Å². The Morgan fingerprint density at radius 2 is 1.93 bits per heavy atom. The van der Waals surface area contributed by atoms with E-state index >= 15 is 0 Å². The second kappa shape index (κ2) is 9.58. The number of hydrogen-bond acceptors (Lipinski definition) is 3. The van der Waals surface area contributed by atoms with E-state index < -0.39 is 0 Å². The van der Waals surface area contributed by atoms with E-state index in [1.54, 1.807) is 0 Å². The van der Waals surface area contributed by atoms with Crippen LogP contribution in [-0.4, -0.2) is 22.5 Å². The van der Waals surface area contributed by atoms with Crippen molar-refractivity contribution in [2.75, 3.05) is 0 Å². The van der Waals surface area contributed by atoms with Crippen LogP contribution in [0.3, 0.4) is 0 Å². The Morgan fingerprint density at radius 3 is 2.57 bits per heavy atom. The maximum atomic E-state index is 12.7. The fourth-order valence-corrected chi connectivity index (χ4v) is 6.26. The van der Waals surface area contributed by atoms with Gasteiger partial charge < -0.3 is 10.2 Å². The highest BCUT2D eigenvalue weighted by molar-refractivity contribution is 5.87. The van der Waals surface area contributed by atoms with Gasteiger partial charge in [-0.05, 0) is 79.0 Å². The van der Waals surface area contributed by atoms with Gasteiger partial charge >= 0.3 is 0 Å². The molecule has 0 aliphatic heterocycles. The van der Waals surface area contributed by atoms with E-state index in [9.17, 15) is 9.90 Å². The van der Waals surface area contributed by atoms with E-state index in [2.05, 4.69) is 19.9 Å². The van der Waals surface area contributed by atoms with Crippen LogP contribution in [0.1, 0.15) is 83.3 Å². The molecule has 28 heavy (non-hydrogen) atoms. The number of carboxylic acid groups (broad SMARTS) is 1. The third-order valence-electron chi connectivity index (χ3n) is 7.21. The average Bonchev–Trinajstić information content (AvgIpc) is 2.94. The third kappa shape index (κ3) is 3.97. The number of rotatable bonds is 2. The van der Waals surface area contributed by atoms with Crippen LogP contribution in [-0.2, 0) is 16.0 Å². The van der Waals surface area contributed by atoms with Crippen molar-refractivity contribution < 1.29 is 19.8 Å². The largest absolute Gasteiger partial charge is 0.508 e. The quantitative estimate of drug-likeness (QED) is 0.649. The number of carbonyl (C=O) groups excluding carboxylic acids is 1. The van der Waals surface area contributed by atoms with E-state index in [1.807, 2.05) is 26.0 Å². The smallest absolute Gasteiger partial charge is 0.290 e. The molecular weight excluding hydrogens is 352 g/mol. The van der Waals surface area contributed by atoms with E-state index in [0.29, 0.717) is 35.2 Å². The van der Waals surface area contributed by atoms with Crippen LogP contribution in [0.15, 0.2) is 18.2 Å². The molecule has 4 heteroatoms. The minimum atomic E-state index is -0.250. The highest BCUT2D eigenvalue weighted by atomic mass is 16.3. The third-order valence-corrected chi connectivity index (χ3v) is 7.21. The van der Waals surface area contributed by atoms with Crippen LogP contribution in [0, 0.1) is 23.2 Å². The highest BCUT2D eigenvalue weighted by Gasteiger charge is 2.58. The van der Waals surface area contributed by atoms with E-state index in [4.69, 9.17) is 9.90 Å². The van der Waals surface area contributed by atoms with Gasteiger partial charge in [-0.15, -0.1) is 0 Å². The lowest BCUT2D eigenvalue weighted by Crippen LogP contribution is -2.44. The zero-order valence-electron chi connectivity index (χ0n) is 17.8. The van der Waals surface area contributed by atoms with E-state index in [1.165, 1.54) is 30.4 Å². The van der Waals surface area contributed by atoms with Crippen molar-refractivity contribution in [1.82, 2.24) is 0 Å². The predicted molar refractivity (Wildman–Crippen MR) is 112 cm³/mol. The SMILES string of the molecule is CC.CCCC1CC(=O)C2(C)CCC3c4ccc(O)cc4CCC3C12.O=CO. The molecule has 0 bridgehead atoms. The fourth-order valence-electron chi connectivity index (χ4n) is 6.26. The summed E-state index contributed by atoms with van der Waals surface area (Å²) >= 11 is 0. The molecule has 2 N–H and O–H groups in total. The number of ketones is 1. The summed E-state index contributed by atoms with van der Waals surface area (Å²) in [5.41, 5.74) is 2.73. The van der Waals surface area contributed by atoms with Crippen LogP contribution in [0.2, 0.25) is 0 Å². The molecule has 0 amide bonds. The molecule has 1 aromatic rings. The Hall–Kier alpha value is -1.84. The molecule has 4 nitrogen and oxygen atoms in total. The highest BCUT2D eigenvalue weighted by Crippen LogP contribution is 2.62. The molecule has 0 aromatic heterocycles. The Balaban J connectivity index is 0.000000514. The maximum absolute atomic E-state index is 12.7. The summed E-state index contributed by atoms with van der Waals surface area (Å²) < 4.78 is 0. The van der Waals surface area contributed by atoms with Crippen LogP contribution < -0.4 is 0 Å². The molecular formula is C24H36O4. The van der Waals surface area contributed by atoms with Gasteiger partial charge in [0.05, 0.1) is 0 Å². The molecule has 3 aliphatic rings. The van der Waals surface area contributed by atoms with Crippen LogP contribution >= 0.6 is 0 Å². The number of phenolic OH excluding ortho intramolecular Hbond substituents is 1. The second-order valence-electron chi connectivity index (χ2n) is 8.46. The van der Waals surface area contributed by atoms with Crippen molar-refractivity contribution in [2.24, 2.45) is 23.2 Å². The minimum absolute atomic E-state index is 0.0601. The number of aromatic hydroxyl groups is 1. The number of phenols is 1. The van der Waals surface area contributed by atoms with Crippen molar-refractivity contribution in [3.8, 4) is 5.75 Å². The van der Waals surface area contributed by atoms with Gasteiger partial charge in [0.1, 0.15) is 11.5 Å². The predicted octanol–water partition coefficient (Wildman–Crippen LogP) is 5.57. The van der Waals surface area contributed by atoms with Crippen LogP contribution in [0.25, 0.3) is 0 Å². The monoisotopic (exact) mass is 388 g/mol. The summed E-state index contributed by atoms with van der Waals surface area (Å²) in [6.07, 6.45) is 7.66. The Bertz CT molecular complexity index is 683. The number of Topliss-reactive ketones (excluding diaryl/α,β-unsaturated/α-hetero) is 1. The number of hydrogen-bond donors (Lipinski definition) is 2. The first-order chi connectivity index (χ1) is 13.5. The van der Waals surface area contributed by atoms with Crippen LogP contribution in [0.5, 0.6) is 5.75 Å². The first-order valence-corrected chi connectivity index (χ1v) is 10.9. The number of fused-ring (bicyclic) bond motifs is 5. The molecule has 3 aliphatic carbocycles. The lowest BCUT2D eigenvalue weighted by Gasteiger charge is -2.50. The van der Waals surface area contributed by atoms with Crippen molar-refractivity contribution in [3.63, 3.8) is 0 Å². The molecule has 5 atom stereocenters. The Kier molecular flexibility index (Phi) is 7.68. The minimum Gasteiger partial charge on any atom is -0.508 e. The second-order valence-corrected chi connectivity index (χ2v) is 8.46. The van der Waals surface area contributed by atoms with Crippen molar-refractivity contribution >= 4 is 12.3 Å². The maximum Gasteiger partial charge on any atom is 0.290 e. The Labute approximate surface area is 169 Å². The average molecular weight is 389 g/mol. The van der Waals surface area contributed by atoms with Gasteiger partial charge in [0.2, 0.25) is 0 Å². The number of carbonyl (C=O) groups is 2. The van der Waals surface area contributed by atoms with Crippen LogP contribution in [0.4, 0.5) is 0 Å². The first-order valence-electron chi connectivity index (χ1n) is 10.9. The summed E-state index contributed by atoms with van der Waals surface area (Å²) in [5, 5.41) is 16.7. The van der Waals surface area contributed by atoms with E-state index in [0.717, 1.165) is 25.7 Å². The Morgan fingerprint density at radius 1 is 1.25 bits per heavy atom. The summed E-state index contributed by atoms with van der Waals surface area (Å²) in [7, 11) is 0. The lowest BCUT2D eigenvalue weighted by molar-refractivity contribution is -0.129. The van der Waals surface area contributed by atoms with Gasteiger partial charge in [-0.25, -0.2) is 0 Å². The zero-order valence-corrected chi connectivity index (χ0v) is 17.8. The summed E-state index contributed by atoms with van der Waals surface area (Å²) in [6.45, 7) is 8.26. The molecule has 2 fully saturated rings. The molecule has 0 radical (unpaired) electrons. The van der Waals surface area contributed by atoms with Crippen molar-refractivity contribution in [2.45, 2.75) is 78.6 Å². The van der Waals surface area contributed by atoms with Crippen molar-refractivity contribution in [3.05, 3.63) is 29.3 Å². The molecule has 0 heterocycles. The zero-order chi connectivity index (χ0) is 20.9. The standard InChI is InChI=1S/C21H28O2.C2H6.CH2O2/c1-3-4-14-12-19(23)21(2)10-9-17-16-8-6-15(22)11-13(16)5-7-18(17)20(14)21;1-2;2-1-3/h6,8,11,14,17-18,20,22H,3-5,7,9-10,12H2,1-2H3;1-2H3;1H,(H,2,3). The molecule has 5 unspecified atom stereocenters. The molecule has 4 rings (SSSR count). The van der Waals surface area contributed by atoms with Gasteiger partial charge in [0.25, 0.3) is 6.47 Å². The van der Waals surface area contributed by atoms with E-state index in [-0.39, 0.29) is 11.9 Å². The van der Waals surface area contributed by atoms with Gasteiger partial charge in [0.15, 0.2) is 0 Å². The molecule has 0 spiro atoms. The molecule has 0 saturated heterocycles. The molecule has 2 saturated carbocycles. The van der Waals surface area contributed by atoms with Gasteiger partial charge in [-0.3, -0.25) is 9.59 Å². The van der Waals surface area contributed by atoms with Gasteiger partial charge in [0, 0.05) is 11.8 Å². The summed E-state index contributed by atoms with van der Waals surface area (Å²) in [5.74, 6) is 3.37. The molecule has 156 valence electrons. The normalized spacial score (nSPS) is 32.5. The summed E-state index contributed by atoms with van der Waals surface area (Å²) in [4.78, 5) is 21.1. The lowest BCUT2D eigenvalue weighted by atomic mass is 9.54. The first kappa shape index (κ1) is 22.4. The molecule has 1 aromatic carbocycles. The van der Waals surface area contributed by atoms with Gasteiger partial charge in [-0.2, -0.15) is 0 Å². The van der Waals surface area contributed by atoms with Crippen molar-refractivity contribution in [1.29, 1.82) is 0 Å². The van der Waals surface area contributed by atoms with Gasteiger partial charge in [-0.1, -0.05) is 40.2 Å². The number of aryl methyl sites for hydroxylation is 1.